The molecule has 0 saturated carbocycles. The summed E-state index contributed by atoms with van der Waals surface area (Å²) in [6, 6.07) is 4.02. The summed E-state index contributed by atoms with van der Waals surface area (Å²) >= 11 is 1.66. The average molecular weight is 262 g/mol. The first-order chi connectivity index (χ1) is 8.79. The lowest BCUT2D eigenvalue weighted by atomic mass is 10.2. The zero-order valence-corrected chi connectivity index (χ0v) is 11.6. The molecular weight excluding hydrogens is 244 g/mol. The molecule has 18 heavy (non-hydrogen) atoms. The van der Waals surface area contributed by atoms with Crippen molar-refractivity contribution in [1.29, 1.82) is 0 Å². The Bertz CT molecular complexity index is 495. The van der Waals surface area contributed by atoms with Gasteiger partial charge in [-0.15, -0.1) is 10.2 Å². The zero-order valence-electron chi connectivity index (χ0n) is 10.8. The third-order valence-electron chi connectivity index (χ3n) is 2.55. The van der Waals surface area contributed by atoms with Crippen molar-refractivity contribution in [2.24, 2.45) is 0 Å². The monoisotopic (exact) mass is 262 g/mol. The first-order valence-electron chi connectivity index (χ1n) is 6.25. The number of pyridine rings is 1. The molecule has 0 saturated heterocycles. The Morgan fingerprint density at radius 3 is 2.94 bits per heavy atom. The van der Waals surface area contributed by atoms with Crippen molar-refractivity contribution in [3.63, 3.8) is 0 Å². The van der Waals surface area contributed by atoms with E-state index < -0.39 is 0 Å². The summed E-state index contributed by atoms with van der Waals surface area (Å²) in [6.45, 7) is 6.19. The van der Waals surface area contributed by atoms with Crippen LogP contribution in [0.15, 0.2) is 18.3 Å². The zero-order chi connectivity index (χ0) is 12.8. The van der Waals surface area contributed by atoms with E-state index in [-0.39, 0.29) is 0 Å². The number of nitrogens with one attached hydrogen (secondary N) is 1. The van der Waals surface area contributed by atoms with Crippen molar-refractivity contribution in [3.8, 4) is 10.6 Å². The Morgan fingerprint density at radius 2 is 2.17 bits per heavy atom. The highest BCUT2D eigenvalue weighted by atomic mass is 32.1. The van der Waals surface area contributed by atoms with E-state index in [9.17, 15) is 0 Å². The molecule has 1 N–H and O–H groups in total. The van der Waals surface area contributed by atoms with Crippen LogP contribution in [-0.4, -0.2) is 28.3 Å². The van der Waals surface area contributed by atoms with E-state index in [1.54, 1.807) is 11.3 Å². The fraction of sp³-hybridized carbons (Fsp3) is 0.462. The first-order valence-corrected chi connectivity index (χ1v) is 7.07. The highest BCUT2D eigenvalue weighted by Gasteiger charge is 2.06. The summed E-state index contributed by atoms with van der Waals surface area (Å²) in [5.74, 6) is 0. The Morgan fingerprint density at radius 1 is 1.28 bits per heavy atom. The number of rotatable bonds is 6. The van der Waals surface area contributed by atoms with E-state index in [2.05, 4.69) is 27.4 Å². The molecule has 2 aromatic rings. The minimum absolute atomic E-state index is 0.946. The lowest BCUT2D eigenvalue weighted by Gasteiger charge is -1.98. The third-order valence-corrected chi connectivity index (χ3v) is 3.58. The van der Waals surface area contributed by atoms with Crippen LogP contribution in [-0.2, 0) is 6.42 Å². The molecular formula is C13H18N4S. The Balaban J connectivity index is 1.97. The Kier molecular flexibility index (Phi) is 4.78. The van der Waals surface area contributed by atoms with E-state index >= 15 is 0 Å². The van der Waals surface area contributed by atoms with Gasteiger partial charge in [-0.1, -0.05) is 18.3 Å². The maximum absolute atomic E-state index is 4.24. The molecule has 2 aromatic heterocycles. The number of hydrogen-bond donors (Lipinski definition) is 1. The van der Waals surface area contributed by atoms with Gasteiger partial charge in [0.1, 0.15) is 10.0 Å². The summed E-state index contributed by atoms with van der Waals surface area (Å²) in [5.41, 5.74) is 2.11. The van der Waals surface area contributed by atoms with Gasteiger partial charge in [-0.05, 0) is 32.0 Å². The molecule has 0 unspecified atom stereocenters. The third kappa shape index (κ3) is 3.58. The first kappa shape index (κ1) is 13.1. The van der Waals surface area contributed by atoms with Crippen LogP contribution in [0.3, 0.4) is 0 Å². The van der Waals surface area contributed by atoms with Gasteiger partial charge in [-0.2, -0.15) is 0 Å². The predicted molar refractivity (Wildman–Crippen MR) is 74.7 cm³/mol. The van der Waals surface area contributed by atoms with Gasteiger partial charge >= 0.3 is 0 Å². The van der Waals surface area contributed by atoms with Crippen LogP contribution in [0.1, 0.15) is 24.0 Å². The highest BCUT2D eigenvalue weighted by molar-refractivity contribution is 7.14. The number of nitrogens with zero attached hydrogens (tertiary/aromatic N) is 3. The van der Waals surface area contributed by atoms with Crippen molar-refractivity contribution in [2.75, 3.05) is 13.1 Å². The van der Waals surface area contributed by atoms with Crippen molar-refractivity contribution < 1.29 is 0 Å². The van der Waals surface area contributed by atoms with Gasteiger partial charge in [0.25, 0.3) is 0 Å². The lowest BCUT2D eigenvalue weighted by Crippen LogP contribution is -2.17. The molecule has 5 heteroatoms. The second-order valence-electron chi connectivity index (χ2n) is 4.19. The van der Waals surface area contributed by atoms with Gasteiger partial charge in [-0.25, -0.2) is 0 Å². The van der Waals surface area contributed by atoms with E-state index in [1.807, 2.05) is 25.3 Å². The molecule has 2 rings (SSSR count). The van der Waals surface area contributed by atoms with Crippen molar-refractivity contribution in [3.05, 3.63) is 29.0 Å². The summed E-state index contributed by atoms with van der Waals surface area (Å²) in [4.78, 5) is 4.19. The van der Waals surface area contributed by atoms with Gasteiger partial charge in [-0.3, -0.25) is 4.98 Å². The summed E-state index contributed by atoms with van der Waals surface area (Å²) < 4.78 is 0. The molecule has 0 amide bonds. The quantitative estimate of drug-likeness (QED) is 0.812. The fourth-order valence-electron chi connectivity index (χ4n) is 1.65. The van der Waals surface area contributed by atoms with E-state index in [0.717, 1.165) is 47.2 Å². The van der Waals surface area contributed by atoms with Crippen LogP contribution in [0.5, 0.6) is 0 Å². The van der Waals surface area contributed by atoms with Crippen molar-refractivity contribution in [1.82, 2.24) is 20.5 Å². The smallest absolute Gasteiger partial charge is 0.147 e. The molecule has 0 radical (unpaired) electrons. The van der Waals surface area contributed by atoms with Crippen LogP contribution in [0.4, 0.5) is 0 Å². The van der Waals surface area contributed by atoms with Crippen LogP contribution in [0.2, 0.25) is 0 Å². The molecule has 0 bridgehead atoms. The lowest BCUT2D eigenvalue weighted by molar-refractivity contribution is 0.668. The van der Waals surface area contributed by atoms with Gasteiger partial charge in [0, 0.05) is 30.4 Å². The number of aromatic nitrogens is 3. The topological polar surface area (TPSA) is 50.7 Å². The highest BCUT2D eigenvalue weighted by Crippen LogP contribution is 2.23. The standard InChI is InChI=1S/C13H18N4S/c1-3-6-14-7-5-12-16-17-13(18-12)11-4-8-15-10(2)9-11/h4,8-9,14H,3,5-7H2,1-2H3. The summed E-state index contributed by atoms with van der Waals surface area (Å²) in [7, 11) is 0. The van der Waals surface area contributed by atoms with Crippen molar-refractivity contribution >= 4 is 11.3 Å². The molecule has 0 aliphatic heterocycles. The second-order valence-corrected chi connectivity index (χ2v) is 5.25. The molecule has 0 spiro atoms. The minimum atomic E-state index is 0.946. The van der Waals surface area contributed by atoms with Gasteiger partial charge in [0.15, 0.2) is 0 Å². The predicted octanol–water partition coefficient (Wildman–Crippen LogP) is 2.45. The van der Waals surface area contributed by atoms with E-state index in [1.165, 1.54) is 0 Å². The molecule has 0 aromatic carbocycles. The molecule has 0 aliphatic rings. The van der Waals surface area contributed by atoms with Crippen LogP contribution in [0.25, 0.3) is 10.6 Å². The average Bonchev–Trinajstić information content (AvgIpc) is 2.83. The largest absolute Gasteiger partial charge is 0.316 e. The molecule has 2 heterocycles. The van der Waals surface area contributed by atoms with Gasteiger partial charge in [0.05, 0.1) is 0 Å². The molecule has 0 fully saturated rings. The maximum Gasteiger partial charge on any atom is 0.147 e. The van der Waals surface area contributed by atoms with Crippen molar-refractivity contribution in [2.45, 2.75) is 26.7 Å². The number of aryl methyl sites for hydroxylation is 1. The summed E-state index contributed by atoms with van der Waals surface area (Å²) in [6.07, 6.45) is 3.92. The molecule has 0 atom stereocenters. The minimum Gasteiger partial charge on any atom is -0.316 e. The number of hydrogen-bond acceptors (Lipinski definition) is 5. The Hall–Kier alpha value is -1.33. The van der Waals surface area contributed by atoms with E-state index in [0.29, 0.717) is 0 Å². The Labute approximate surface area is 111 Å². The van der Waals surface area contributed by atoms with Crippen LogP contribution >= 0.6 is 11.3 Å². The van der Waals surface area contributed by atoms with E-state index in [4.69, 9.17) is 0 Å². The summed E-state index contributed by atoms with van der Waals surface area (Å²) in [5, 5.41) is 13.9. The molecule has 4 nitrogen and oxygen atoms in total. The van der Waals surface area contributed by atoms with Crippen LogP contribution in [0, 0.1) is 6.92 Å². The van der Waals surface area contributed by atoms with Crippen LogP contribution < -0.4 is 5.32 Å². The maximum atomic E-state index is 4.24. The van der Waals surface area contributed by atoms with Gasteiger partial charge in [0.2, 0.25) is 0 Å². The second kappa shape index (κ2) is 6.56. The molecule has 96 valence electrons. The normalized spacial score (nSPS) is 10.8. The van der Waals surface area contributed by atoms with Gasteiger partial charge < -0.3 is 5.32 Å². The SMILES string of the molecule is CCCNCCc1nnc(-c2ccnc(C)c2)s1. The fourth-order valence-corrected chi connectivity index (χ4v) is 2.48. The molecule has 0 aliphatic carbocycles.